The third-order valence-corrected chi connectivity index (χ3v) is 4.32. The Labute approximate surface area is 155 Å². The van der Waals surface area contributed by atoms with E-state index in [1.165, 1.54) is 5.56 Å². The van der Waals surface area contributed by atoms with Crippen LogP contribution in [0.5, 0.6) is 0 Å². The van der Waals surface area contributed by atoms with E-state index in [1.807, 2.05) is 43.3 Å². The average molecular weight is 363 g/mol. The smallest absolute Gasteiger partial charge is 0.251 e. The molecule has 0 fully saturated rings. The predicted octanol–water partition coefficient (Wildman–Crippen LogP) is 4.75. The Morgan fingerprint density at radius 1 is 0.885 bits per heavy atom. The quantitative estimate of drug-likeness (QED) is 0.524. The minimum absolute atomic E-state index is 0.373. The molecule has 0 bridgehead atoms. The summed E-state index contributed by atoms with van der Waals surface area (Å²) < 4.78 is 5.79. The largest absolute Gasteiger partial charge is 0.416 e. The van der Waals surface area contributed by atoms with Crippen LogP contribution < -0.4 is 0 Å². The van der Waals surface area contributed by atoms with Crippen molar-refractivity contribution in [2.45, 2.75) is 13.3 Å². The van der Waals surface area contributed by atoms with E-state index in [0.717, 1.165) is 11.5 Å². The van der Waals surface area contributed by atoms with Crippen molar-refractivity contribution >= 4 is 11.6 Å². The number of aryl methyl sites for hydroxylation is 1. The van der Waals surface area contributed by atoms with Crippen molar-refractivity contribution in [1.29, 1.82) is 0 Å². The first-order chi connectivity index (χ1) is 12.7. The number of hydrogen-bond donors (Lipinski definition) is 0. The van der Waals surface area contributed by atoms with Crippen molar-refractivity contribution in [3.63, 3.8) is 0 Å². The van der Waals surface area contributed by atoms with Gasteiger partial charge in [0.25, 0.3) is 5.89 Å². The van der Waals surface area contributed by atoms with Crippen molar-refractivity contribution in [2.24, 2.45) is 0 Å². The van der Waals surface area contributed by atoms with E-state index in [-0.39, 0.29) is 0 Å². The van der Waals surface area contributed by atoms with Crippen molar-refractivity contribution in [2.75, 3.05) is 0 Å². The van der Waals surface area contributed by atoms with Gasteiger partial charge in [-0.2, -0.15) is 0 Å². The molecule has 128 valence electrons. The molecule has 0 unspecified atom stereocenters. The molecule has 0 atom stereocenters. The van der Waals surface area contributed by atoms with E-state index in [0.29, 0.717) is 34.4 Å². The molecule has 0 amide bonds. The summed E-state index contributed by atoms with van der Waals surface area (Å²) in [5.74, 6) is 1.50. The van der Waals surface area contributed by atoms with Gasteiger partial charge in [0.1, 0.15) is 5.82 Å². The van der Waals surface area contributed by atoms with Gasteiger partial charge in [-0.15, -0.1) is 10.2 Å². The number of rotatable bonds is 4. The van der Waals surface area contributed by atoms with Crippen LogP contribution in [0.3, 0.4) is 0 Å². The lowest BCUT2D eigenvalue weighted by Gasteiger charge is -2.04. The molecule has 0 aliphatic heterocycles. The summed E-state index contributed by atoms with van der Waals surface area (Å²) in [6.07, 6.45) is 2.40. The molecular formula is C20H15ClN4O. The summed E-state index contributed by atoms with van der Waals surface area (Å²) in [7, 11) is 0. The molecule has 0 N–H and O–H groups in total. The van der Waals surface area contributed by atoms with Gasteiger partial charge in [0.05, 0.1) is 21.8 Å². The molecule has 4 rings (SSSR count). The fraction of sp³-hybridized carbons (Fsp3) is 0.100. The third-order valence-electron chi connectivity index (χ3n) is 3.99. The summed E-state index contributed by atoms with van der Waals surface area (Å²) in [5, 5.41) is 8.79. The fourth-order valence-corrected chi connectivity index (χ4v) is 2.88. The van der Waals surface area contributed by atoms with Crippen LogP contribution in [0, 0.1) is 6.92 Å². The molecular weight excluding hydrogens is 348 g/mol. The Morgan fingerprint density at radius 3 is 2.31 bits per heavy atom. The van der Waals surface area contributed by atoms with E-state index in [1.54, 1.807) is 12.3 Å². The predicted molar refractivity (Wildman–Crippen MR) is 99.8 cm³/mol. The summed E-state index contributed by atoms with van der Waals surface area (Å²) in [5.41, 5.74) is 3.37. The molecule has 26 heavy (non-hydrogen) atoms. The van der Waals surface area contributed by atoms with Gasteiger partial charge in [0.15, 0.2) is 0 Å². The molecule has 0 radical (unpaired) electrons. The first kappa shape index (κ1) is 16.4. The van der Waals surface area contributed by atoms with Crippen LogP contribution in [0.25, 0.3) is 22.9 Å². The monoisotopic (exact) mass is 362 g/mol. The second-order valence-electron chi connectivity index (χ2n) is 5.84. The van der Waals surface area contributed by atoms with E-state index in [4.69, 9.17) is 16.0 Å². The number of aromatic nitrogens is 4. The summed E-state index contributed by atoms with van der Waals surface area (Å²) in [4.78, 5) is 9.03. The number of halogens is 1. The number of hydrogen-bond acceptors (Lipinski definition) is 5. The molecule has 0 aliphatic rings. The molecule has 6 heteroatoms. The van der Waals surface area contributed by atoms with Gasteiger partial charge in [0, 0.05) is 12.6 Å². The highest BCUT2D eigenvalue weighted by molar-refractivity contribution is 6.33. The van der Waals surface area contributed by atoms with Crippen molar-refractivity contribution < 1.29 is 4.42 Å². The Morgan fingerprint density at radius 2 is 1.58 bits per heavy atom. The lowest BCUT2D eigenvalue weighted by atomic mass is 10.1. The molecule has 2 aromatic carbocycles. The van der Waals surface area contributed by atoms with Crippen molar-refractivity contribution in [3.05, 3.63) is 82.9 Å². The first-order valence-electron chi connectivity index (χ1n) is 8.16. The van der Waals surface area contributed by atoms with Crippen LogP contribution in [0.4, 0.5) is 0 Å². The normalized spacial score (nSPS) is 10.8. The van der Waals surface area contributed by atoms with Crippen LogP contribution >= 0.6 is 11.6 Å². The highest BCUT2D eigenvalue weighted by Gasteiger charge is 2.16. The second kappa shape index (κ2) is 7.06. The minimum atomic E-state index is 0.373. The summed E-state index contributed by atoms with van der Waals surface area (Å²) in [6, 6.07) is 17.5. The lowest BCUT2D eigenvalue weighted by Crippen LogP contribution is -2.00. The van der Waals surface area contributed by atoms with E-state index in [2.05, 4.69) is 32.3 Å². The zero-order chi connectivity index (χ0) is 17.9. The molecule has 0 saturated heterocycles. The molecule has 2 aromatic heterocycles. The first-order valence-corrected chi connectivity index (χ1v) is 8.54. The van der Waals surface area contributed by atoms with Crippen LogP contribution in [0.1, 0.15) is 17.1 Å². The Hall–Kier alpha value is -3.05. The lowest BCUT2D eigenvalue weighted by molar-refractivity contribution is 0.583. The maximum absolute atomic E-state index is 6.19. The maximum Gasteiger partial charge on any atom is 0.251 e. The maximum atomic E-state index is 6.19. The fourth-order valence-electron chi connectivity index (χ4n) is 2.66. The summed E-state index contributed by atoms with van der Waals surface area (Å²) in [6.45, 7) is 1.91. The van der Waals surface area contributed by atoms with Crippen LogP contribution in [0.15, 0.2) is 65.2 Å². The highest BCUT2D eigenvalue weighted by Crippen LogP contribution is 2.29. The van der Waals surface area contributed by atoms with E-state index in [9.17, 15) is 0 Å². The zero-order valence-corrected chi connectivity index (χ0v) is 14.8. The molecule has 2 heterocycles. The van der Waals surface area contributed by atoms with E-state index >= 15 is 0 Å². The van der Waals surface area contributed by atoms with Gasteiger partial charge in [-0.3, -0.25) is 0 Å². The van der Waals surface area contributed by atoms with Crippen LogP contribution in [-0.4, -0.2) is 20.2 Å². The molecule has 4 aromatic rings. The van der Waals surface area contributed by atoms with Crippen molar-refractivity contribution in [1.82, 2.24) is 20.2 Å². The Kier molecular flexibility index (Phi) is 4.46. The Balaban J connectivity index is 1.62. The van der Waals surface area contributed by atoms with Gasteiger partial charge in [-0.25, -0.2) is 9.97 Å². The van der Waals surface area contributed by atoms with Gasteiger partial charge in [-0.05, 0) is 24.6 Å². The third kappa shape index (κ3) is 3.34. The highest BCUT2D eigenvalue weighted by atomic mass is 35.5. The number of nitrogens with zero attached hydrogens (tertiary/aromatic N) is 4. The van der Waals surface area contributed by atoms with Gasteiger partial charge >= 0.3 is 0 Å². The summed E-state index contributed by atoms with van der Waals surface area (Å²) >= 11 is 6.19. The Bertz CT molecular complexity index is 1050. The average Bonchev–Trinajstić information content (AvgIpc) is 3.12. The SMILES string of the molecule is Cc1nc(Cc2ccccc2)ncc1-c1nnc(-c2ccccc2Cl)o1. The standard InChI is InChI=1S/C20H15ClN4O/c1-13-16(12-22-18(23-13)11-14-7-3-2-4-8-14)20-25-24-19(26-20)15-9-5-6-10-17(15)21/h2-10,12H,11H2,1H3. The van der Waals surface area contributed by atoms with E-state index < -0.39 is 0 Å². The molecule has 0 spiro atoms. The number of benzene rings is 2. The zero-order valence-electron chi connectivity index (χ0n) is 14.1. The van der Waals surface area contributed by atoms with Crippen LogP contribution in [0.2, 0.25) is 5.02 Å². The topological polar surface area (TPSA) is 64.7 Å². The molecule has 5 nitrogen and oxygen atoms in total. The van der Waals surface area contributed by atoms with Gasteiger partial charge in [-0.1, -0.05) is 54.1 Å². The molecule has 0 aliphatic carbocycles. The second-order valence-corrected chi connectivity index (χ2v) is 6.25. The van der Waals surface area contributed by atoms with Gasteiger partial charge < -0.3 is 4.42 Å². The van der Waals surface area contributed by atoms with Crippen LogP contribution in [-0.2, 0) is 6.42 Å². The van der Waals surface area contributed by atoms with Gasteiger partial charge in [0.2, 0.25) is 5.89 Å². The minimum Gasteiger partial charge on any atom is -0.416 e. The molecule has 0 saturated carbocycles. The van der Waals surface area contributed by atoms with Crippen molar-refractivity contribution in [3.8, 4) is 22.9 Å².